The van der Waals surface area contributed by atoms with Crippen LogP contribution >= 0.6 is 0 Å². The van der Waals surface area contributed by atoms with Crippen LogP contribution in [0, 0.1) is 20.8 Å². The number of fused-ring (bicyclic) bond motifs is 3. The molecule has 0 N–H and O–H groups in total. The lowest BCUT2D eigenvalue weighted by Gasteiger charge is -2.16. The van der Waals surface area contributed by atoms with Gasteiger partial charge in [0.2, 0.25) is 0 Å². The fourth-order valence-electron chi connectivity index (χ4n) is 3.63. The van der Waals surface area contributed by atoms with E-state index < -0.39 is 0 Å². The van der Waals surface area contributed by atoms with E-state index in [1.165, 1.54) is 50.1 Å². The summed E-state index contributed by atoms with van der Waals surface area (Å²) in [6.07, 6.45) is 1.05. The quantitative estimate of drug-likeness (QED) is 0.411. The summed E-state index contributed by atoms with van der Waals surface area (Å²) < 4.78 is 0. The van der Waals surface area contributed by atoms with E-state index in [-0.39, 0.29) is 0 Å². The molecule has 22 heavy (non-hydrogen) atoms. The molecule has 0 amide bonds. The fraction of sp³-hybridized carbons (Fsp3) is 0.182. The molecule has 0 nitrogen and oxygen atoms in total. The topological polar surface area (TPSA) is 0 Å². The maximum atomic E-state index is 2.37. The van der Waals surface area contributed by atoms with Crippen molar-refractivity contribution in [1.29, 1.82) is 0 Å². The van der Waals surface area contributed by atoms with Crippen molar-refractivity contribution in [3.63, 3.8) is 0 Å². The Balaban J connectivity index is 2.01. The second-order valence-electron chi connectivity index (χ2n) is 6.42. The maximum Gasteiger partial charge on any atom is -0.000718 e. The molecule has 0 saturated carbocycles. The molecule has 0 atom stereocenters. The van der Waals surface area contributed by atoms with Crippen molar-refractivity contribution in [1.82, 2.24) is 0 Å². The van der Waals surface area contributed by atoms with Crippen molar-refractivity contribution in [3.8, 4) is 22.3 Å². The van der Waals surface area contributed by atoms with Gasteiger partial charge < -0.3 is 0 Å². The monoisotopic (exact) mass is 284 g/mol. The molecule has 0 saturated heterocycles. The van der Waals surface area contributed by atoms with Gasteiger partial charge in [-0.3, -0.25) is 0 Å². The third kappa shape index (κ3) is 1.91. The minimum Gasteiger partial charge on any atom is -0.0619 e. The molecule has 1 aliphatic carbocycles. The molecule has 0 aromatic heterocycles. The number of benzene rings is 3. The Hall–Kier alpha value is -2.34. The van der Waals surface area contributed by atoms with Crippen LogP contribution in [0.2, 0.25) is 0 Å². The predicted molar refractivity (Wildman–Crippen MR) is 94.3 cm³/mol. The standard InChI is InChI=1S/C22H20/c1-14-8-10-17(11-9-14)22-16(3)15(2)12-20-19-7-5-4-6-18(19)13-21(20)22/h4-12H,13H2,1-3H3. The molecular weight excluding hydrogens is 264 g/mol. The number of hydrogen-bond acceptors (Lipinski definition) is 0. The summed E-state index contributed by atoms with van der Waals surface area (Å²) >= 11 is 0. The Morgan fingerprint density at radius 2 is 1.50 bits per heavy atom. The largest absolute Gasteiger partial charge is 0.0619 e. The molecule has 3 aromatic carbocycles. The lowest BCUT2D eigenvalue weighted by Crippen LogP contribution is -1.95. The first-order valence-corrected chi connectivity index (χ1v) is 7.93. The Morgan fingerprint density at radius 1 is 0.773 bits per heavy atom. The van der Waals surface area contributed by atoms with Crippen LogP contribution in [0.4, 0.5) is 0 Å². The summed E-state index contributed by atoms with van der Waals surface area (Å²) in [6, 6.07) is 20.1. The second kappa shape index (κ2) is 4.84. The highest BCUT2D eigenvalue weighted by molar-refractivity contribution is 5.87. The van der Waals surface area contributed by atoms with Gasteiger partial charge in [-0.15, -0.1) is 0 Å². The van der Waals surface area contributed by atoms with Crippen LogP contribution in [0.5, 0.6) is 0 Å². The number of aryl methyl sites for hydroxylation is 2. The van der Waals surface area contributed by atoms with Crippen molar-refractivity contribution < 1.29 is 0 Å². The highest BCUT2D eigenvalue weighted by Crippen LogP contribution is 2.44. The number of hydrogen-bond donors (Lipinski definition) is 0. The molecule has 3 aromatic rings. The summed E-state index contributed by atoms with van der Waals surface area (Å²) in [5.74, 6) is 0. The SMILES string of the molecule is Cc1ccc(-c2c(C)c(C)cc3c2Cc2ccccc2-3)cc1. The van der Waals surface area contributed by atoms with E-state index in [1.54, 1.807) is 0 Å². The Morgan fingerprint density at radius 3 is 2.27 bits per heavy atom. The van der Waals surface area contributed by atoms with Crippen molar-refractivity contribution in [2.75, 3.05) is 0 Å². The maximum absolute atomic E-state index is 2.37. The van der Waals surface area contributed by atoms with Gasteiger partial charge in [-0.05, 0) is 71.7 Å². The van der Waals surface area contributed by atoms with Gasteiger partial charge in [0.05, 0.1) is 0 Å². The van der Waals surface area contributed by atoms with Gasteiger partial charge in [-0.25, -0.2) is 0 Å². The van der Waals surface area contributed by atoms with E-state index >= 15 is 0 Å². The minimum absolute atomic E-state index is 1.05. The van der Waals surface area contributed by atoms with E-state index in [0.717, 1.165) is 6.42 Å². The summed E-state index contributed by atoms with van der Waals surface area (Å²) in [6.45, 7) is 6.63. The Kier molecular flexibility index (Phi) is 2.94. The molecule has 1 aliphatic rings. The molecule has 4 rings (SSSR count). The van der Waals surface area contributed by atoms with Crippen LogP contribution in [0.15, 0.2) is 54.6 Å². The molecule has 0 unspecified atom stereocenters. The summed E-state index contributed by atoms with van der Waals surface area (Å²) in [5.41, 5.74) is 12.7. The third-order valence-corrected chi connectivity index (χ3v) is 4.97. The molecule has 0 radical (unpaired) electrons. The Bertz CT molecular complexity index is 867. The highest BCUT2D eigenvalue weighted by Gasteiger charge is 2.23. The third-order valence-electron chi connectivity index (χ3n) is 4.97. The van der Waals surface area contributed by atoms with E-state index in [9.17, 15) is 0 Å². The molecule has 0 spiro atoms. The first kappa shape index (κ1) is 13.3. The molecule has 0 aliphatic heterocycles. The highest BCUT2D eigenvalue weighted by atomic mass is 14.3. The van der Waals surface area contributed by atoms with Gasteiger partial charge >= 0.3 is 0 Å². The zero-order valence-electron chi connectivity index (χ0n) is 13.4. The first-order chi connectivity index (χ1) is 10.6. The van der Waals surface area contributed by atoms with E-state index in [4.69, 9.17) is 0 Å². The van der Waals surface area contributed by atoms with Gasteiger partial charge in [0.25, 0.3) is 0 Å². The van der Waals surface area contributed by atoms with E-state index in [0.29, 0.717) is 0 Å². The van der Waals surface area contributed by atoms with Gasteiger partial charge in [0, 0.05) is 0 Å². The second-order valence-corrected chi connectivity index (χ2v) is 6.42. The first-order valence-electron chi connectivity index (χ1n) is 7.93. The summed E-state index contributed by atoms with van der Waals surface area (Å²) in [7, 11) is 0. The molecule has 0 fully saturated rings. The molecule has 0 bridgehead atoms. The van der Waals surface area contributed by atoms with Crippen LogP contribution in [-0.2, 0) is 6.42 Å². The molecule has 108 valence electrons. The van der Waals surface area contributed by atoms with E-state index in [1.807, 2.05) is 0 Å². The lowest BCUT2D eigenvalue weighted by atomic mass is 9.88. The van der Waals surface area contributed by atoms with Crippen molar-refractivity contribution >= 4 is 0 Å². The zero-order valence-corrected chi connectivity index (χ0v) is 13.4. The predicted octanol–water partition coefficient (Wildman–Crippen LogP) is 5.85. The smallest absolute Gasteiger partial charge is 0.000718 e. The van der Waals surface area contributed by atoms with Crippen LogP contribution in [0.25, 0.3) is 22.3 Å². The average Bonchev–Trinajstić information content (AvgIpc) is 2.88. The average molecular weight is 284 g/mol. The minimum atomic E-state index is 1.05. The zero-order chi connectivity index (χ0) is 15.3. The fourth-order valence-corrected chi connectivity index (χ4v) is 3.63. The van der Waals surface area contributed by atoms with Gasteiger partial charge in [0.1, 0.15) is 0 Å². The van der Waals surface area contributed by atoms with E-state index in [2.05, 4.69) is 75.4 Å². The van der Waals surface area contributed by atoms with Crippen LogP contribution in [0.3, 0.4) is 0 Å². The van der Waals surface area contributed by atoms with Crippen molar-refractivity contribution in [2.24, 2.45) is 0 Å². The summed E-state index contributed by atoms with van der Waals surface area (Å²) in [4.78, 5) is 0. The van der Waals surface area contributed by atoms with Crippen LogP contribution in [0.1, 0.15) is 27.8 Å². The number of rotatable bonds is 1. The van der Waals surface area contributed by atoms with Crippen molar-refractivity contribution in [2.45, 2.75) is 27.2 Å². The van der Waals surface area contributed by atoms with Crippen LogP contribution in [-0.4, -0.2) is 0 Å². The van der Waals surface area contributed by atoms with Crippen molar-refractivity contribution in [3.05, 3.63) is 82.4 Å². The Labute approximate surface area is 132 Å². The van der Waals surface area contributed by atoms with Gasteiger partial charge in [0.15, 0.2) is 0 Å². The molecular formula is C22H20. The lowest BCUT2D eigenvalue weighted by molar-refractivity contribution is 1.23. The van der Waals surface area contributed by atoms with Gasteiger partial charge in [-0.2, -0.15) is 0 Å². The molecule has 0 heteroatoms. The molecule has 0 heterocycles. The summed E-state index contributed by atoms with van der Waals surface area (Å²) in [5, 5.41) is 0. The van der Waals surface area contributed by atoms with Crippen LogP contribution < -0.4 is 0 Å². The van der Waals surface area contributed by atoms with Gasteiger partial charge in [-0.1, -0.05) is 60.2 Å². The normalized spacial score (nSPS) is 12.1.